The molecule has 0 aliphatic carbocycles. The molecule has 1 fully saturated rings. The number of nitrogens with zero attached hydrogens (tertiary/aromatic N) is 2. The van der Waals surface area contributed by atoms with Crippen molar-refractivity contribution in [3.05, 3.63) is 20.3 Å². The van der Waals surface area contributed by atoms with Gasteiger partial charge in [0.25, 0.3) is 5.56 Å². The van der Waals surface area contributed by atoms with Crippen molar-refractivity contribution in [1.82, 2.24) is 9.97 Å². The molecule has 0 aromatic carbocycles. The zero-order valence-corrected chi connectivity index (χ0v) is 11.2. The van der Waals surface area contributed by atoms with Gasteiger partial charge in [-0.05, 0) is 29.0 Å². The number of hydrogen-bond acceptors (Lipinski definition) is 4. The molecule has 0 radical (unpaired) electrons. The molecule has 2 heterocycles. The van der Waals surface area contributed by atoms with Crippen molar-refractivity contribution in [2.24, 2.45) is 5.92 Å². The third kappa shape index (κ3) is 2.37. The van der Waals surface area contributed by atoms with E-state index in [4.69, 9.17) is 4.74 Å². The highest BCUT2D eigenvalue weighted by Gasteiger charge is 2.25. The summed E-state index contributed by atoms with van der Waals surface area (Å²) in [7, 11) is 1.72. The summed E-state index contributed by atoms with van der Waals surface area (Å²) in [4.78, 5) is 20.4. The summed E-state index contributed by atoms with van der Waals surface area (Å²) in [6, 6.07) is 0. The van der Waals surface area contributed by atoms with E-state index in [1.807, 2.05) is 22.6 Å². The van der Waals surface area contributed by atoms with E-state index in [2.05, 4.69) is 14.9 Å². The number of anilines is 1. The predicted octanol–water partition coefficient (Wildman–Crippen LogP) is 0.847. The lowest BCUT2D eigenvalue weighted by Gasteiger charge is -2.17. The van der Waals surface area contributed by atoms with Gasteiger partial charge in [0.15, 0.2) is 0 Å². The lowest BCUT2D eigenvalue weighted by molar-refractivity contribution is 0.161. The van der Waals surface area contributed by atoms with Crippen LogP contribution in [0.4, 0.5) is 5.82 Å². The summed E-state index contributed by atoms with van der Waals surface area (Å²) in [5, 5.41) is 0. The molecule has 1 aliphatic heterocycles. The van der Waals surface area contributed by atoms with Crippen LogP contribution < -0.4 is 10.5 Å². The Balaban J connectivity index is 2.14. The monoisotopic (exact) mass is 335 g/mol. The molecule has 1 aromatic heterocycles. The molecule has 1 N–H and O–H groups in total. The van der Waals surface area contributed by atoms with Crippen LogP contribution in [0.25, 0.3) is 0 Å². The minimum Gasteiger partial charge on any atom is -0.384 e. The number of methoxy groups -OCH3 is 1. The Morgan fingerprint density at radius 1 is 1.75 bits per heavy atom. The van der Waals surface area contributed by atoms with Crippen LogP contribution in [0.2, 0.25) is 0 Å². The average Bonchev–Trinajstić information content (AvgIpc) is 2.71. The van der Waals surface area contributed by atoms with Gasteiger partial charge in [0.05, 0.1) is 12.9 Å². The number of aromatic amines is 1. The van der Waals surface area contributed by atoms with E-state index in [0.29, 0.717) is 9.49 Å². The third-order valence-corrected chi connectivity index (χ3v) is 3.74. The van der Waals surface area contributed by atoms with E-state index in [9.17, 15) is 4.79 Å². The molecule has 0 spiro atoms. The fourth-order valence-corrected chi connectivity index (χ4v) is 2.63. The van der Waals surface area contributed by atoms with Crippen LogP contribution in [0, 0.1) is 9.49 Å². The second-order valence-electron chi connectivity index (χ2n) is 3.93. The van der Waals surface area contributed by atoms with Crippen molar-refractivity contribution < 1.29 is 4.74 Å². The van der Waals surface area contributed by atoms with Gasteiger partial charge < -0.3 is 14.6 Å². The van der Waals surface area contributed by atoms with Crippen molar-refractivity contribution in [2.45, 2.75) is 6.42 Å². The van der Waals surface area contributed by atoms with Crippen molar-refractivity contribution >= 4 is 28.4 Å². The molecule has 6 heteroatoms. The number of rotatable bonds is 3. The number of aromatic nitrogens is 2. The van der Waals surface area contributed by atoms with Gasteiger partial charge in [0.2, 0.25) is 0 Å². The molecule has 0 bridgehead atoms. The zero-order chi connectivity index (χ0) is 11.5. The highest BCUT2D eigenvalue weighted by molar-refractivity contribution is 14.1. The maximum Gasteiger partial charge on any atom is 0.266 e. The Kier molecular flexibility index (Phi) is 3.80. The first-order chi connectivity index (χ1) is 7.72. The van der Waals surface area contributed by atoms with Gasteiger partial charge >= 0.3 is 0 Å². The van der Waals surface area contributed by atoms with E-state index in [0.717, 1.165) is 31.9 Å². The van der Waals surface area contributed by atoms with Crippen molar-refractivity contribution in [3.63, 3.8) is 0 Å². The molecule has 0 saturated carbocycles. The molecule has 1 aromatic rings. The smallest absolute Gasteiger partial charge is 0.266 e. The highest BCUT2D eigenvalue weighted by atomic mass is 127. The van der Waals surface area contributed by atoms with E-state index < -0.39 is 0 Å². The van der Waals surface area contributed by atoms with E-state index in [1.165, 1.54) is 6.33 Å². The summed E-state index contributed by atoms with van der Waals surface area (Å²) >= 11 is 2.04. The molecule has 5 nitrogen and oxygen atoms in total. The van der Waals surface area contributed by atoms with Crippen molar-refractivity contribution in [3.8, 4) is 0 Å². The lowest BCUT2D eigenvalue weighted by atomic mass is 10.1. The summed E-state index contributed by atoms with van der Waals surface area (Å²) in [5.74, 6) is 1.34. The topological polar surface area (TPSA) is 58.2 Å². The van der Waals surface area contributed by atoms with Crippen LogP contribution >= 0.6 is 22.6 Å². The minimum absolute atomic E-state index is 0.0687. The molecule has 2 rings (SSSR count). The van der Waals surface area contributed by atoms with Crippen LogP contribution in [-0.4, -0.2) is 36.8 Å². The van der Waals surface area contributed by atoms with Gasteiger partial charge in [-0.15, -0.1) is 0 Å². The predicted molar refractivity (Wildman–Crippen MR) is 69.8 cm³/mol. The zero-order valence-electron chi connectivity index (χ0n) is 9.07. The lowest BCUT2D eigenvalue weighted by Crippen LogP contribution is -2.26. The first kappa shape index (κ1) is 11.8. The van der Waals surface area contributed by atoms with Gasteiger partial charge in [-0.1, -0.05) is 0 Å². The van der Waals surface area contributed by atoms with Crippen molar-refractivity contribution in [1.29, 1.82) is 0 Å². The summed E-state index contributed by atoms with van der Waals surface area (Å²) in [5.41, 5.74) is -0.0687. The summed E-state index contributed by atoms with van der Waals surface area (Å²) < 4.78 is 5.81. The number of halogens is 1. The minimum atomic E-state index is -0.0687. The number of hydrogen-bond donors (Lipinski definition) is 1. The van der Waals surface area contributed by atoms with Gasteiger partial charge in [-0.2, -0.15) is 0 Å². The quantitative estimate of drug-likeness (QED) is 0.832. The molecule has 16 heavy (non-hydrogen) atoms. The normalized spacial score (nSPS) is 20.4. The SMILES string of the molecule is COCC1CCN(c2nc[nH]c(=O)c2I)C1. The van der Waals surface area contributed by atoms with E-state index in [1.54, 1.807) is 7.11 Å². The Bertz CT molecular complexity index is 421. The first-order valence-electron chi connectivity index (χ1n) is 5.19. The molecule has 0 amide bonds. The van der Waals surface area contributed by atoms with Gasteiger partial charge in [0, 0.05) is 26.1 Å². The Morgan fingerprint density at radius 2 is 2.56 bits per heavy atom. The van der Waals surface area contributed by atoms with Crippen LogP contribution in [0.5, 0.6) is 0 Å². The van der Waals surface area contributed by atoms with E-state index in [-0.39, 0.29) is 5.56 Å². The maximum atomic E-state index is 11.4. The summed E-state index contributed by atoms with van der Waals surface area (Å²) in [6.45, 7) is 2.64. The molecule has 1 aliphatic rings. The van der Waals surface area contributed by atoms with Gasteiger partial charge in [-0.25, -0.2) is 4.98 Å². The Morgan fingerprint density at radius 3 is 3.31 bits per heavy atom. The highest BCUT2D eigenvalue weighted by Crippen LogP contribution is 2.24. The molecule has 1 unspecified atom stereocenters. The largest absolute Gasteiger partial charge is 0.384 e. The standard InChI is InChI=1S/C10H14IN3O2/c1-16-5-7-2-3-14(4-7)9-8(11)10(15)13-6-12-9/h6-7H,2-5H2,1H3,(H,12,13,15). The van der Waals surface area contributed by atoms with Crippen LogP contribution in [0.3, 0.4) is 0 Å². The van der Waals surface area contributed by atoms with E-state index >= 15 is 0 Å². The van der Waals surface area contributed by atoms with Crippen molar-refractivity contribution in [2.75, 3.05) is 31.7 Å². The molecule has 1 saturated heterocycles. The Labute approximate surface area is 107 Å². The van der Waals surface area contributed by atoms with Gasteiger partial charge in [0.1, 0.15) is 9.39 Å². The van der Waals surface area contributed by atoms with Crippen LogP contribution in [-0.2, 0) is 4.74 Å². The second-order valence-corrected chi connectivity index (χ2v) is 5.00. The molecule has 88 valence electrons. The Hall–Kier alpha value is -0.630. The summed E-state index contributed by atoms with van der Waals surface area (Å²) in [6.07, 6.45) is 2.56. The van der Waals surface area contributed by atoms with Crippen LogP contribution in [0.15, 0.2) is 11.1 Å². The van der Waals surface area contributed by atoms with Crippen LogP contribution in [0.1, 0.15) is 6.42 Å². The number of nitrogens with one attached hydrogen (secondary N) is 1. The fourth-order valence-electron chi connectivity index (χ4n) is 1.99. The molecule has 1 atom stereocenters. The van der Waals surface area contributed by atoms with Gasteiger partial charge in [-0.3, -0.25) is 4.79 Å². The average molecular weight is 335 g/mol. The first-order valence-corrected chi connectivity index (χ1v) is 6.27. The molecular formula is C10H14IN3O2. The second kappa shape index (κ2) is 5.13. The maximum absolute atomic E-state index is 11.4. The number of ether oxygens (including phenoxy) is 1. The fraction of sp³-hybridized carbons (Fsp3) is 0.600. The third-order valence-electron chi connectivity index (χ3n) is 2.77. The number of H-pyrrole nitrogens is 1. The molecular weight excluding hydrogens is 321 g/mol.